The van der Waals surface area contributed by atoms with Gasteiger partial charge in [0.05, 0.1) is 12.2 Å². The summed E-state index contributed by atoms with van der Waals surface area (Å²) in [5.74, 6) is -0.397. The smallest absolute Gasteiger partial charge is 0.340 e. The highest BCUT2D eigenvalue weighted by Gasteiger charge is 2.12. The number of carbonyl (C=O) groups excluding carboxylic acids is 1. The second kappa shape index (κ2) is 7.41. The Morgan fingerprint density at radius 3 is 2.43 bits per heavy atom. The molecule has 1 atom stereocenters. The van der Waals surface area contributed by atoms with Crippen LogP contribution in [0.3, 0.4) is 0 Å². The Bertz CT molecular complexity index is 588. The van der Waals surface area contributed by atoms with Gasteiger partial charge in [0, 0.05) is 0 Å². The van der Waals surface area contributed by atoms with Crippen molar-refractivity contribution in [3.63, 3.8) is 0 Å². The second-order valence-electron chi connectivity index (χ2n) is 4.60. The van der Waals surface area contributed by atoms with Gasteiger partial charge in [-0.15, -0.1) is 0 Å². The van der Waals surface area contributed by atoms with E-state index in [-0.39, 0.29) is 0 Å². The van der Waals surface area contributed by atoms with Crippen LogP contribution in [-0.4, -0.2) is 12.3 Å². The van der Waals surface area contributed by atoms with Gasteiger partial charge in [-0.2, -0.15) is 0 Å². The summed E-state index contributed by atoms with van der Waals surface area (Å²) in [6, 6.07) is 16.8. The molecule has 0 saturated carbocycles. The summed E-state index contributed by atoms with van der Waals surface area (Å²) < 4.78 is 10.8. The predicted octanol–water partition coefficient (Wildman–Crippen LogP) is 4.05. The van der Waals surface area contributed by atoms with Crippen LogP contribution in [0, 0.1) is 0 Å². The summed E-state index contributed by atoms with van der Waals surface area (Å²) in [5, 5.41) is 0. The summed E-state index contributed by atoms with van der Waals surface area (Å²) in [6.07, 6.45) is 1.12. The first-order valence-electron chi connectivity index (χ1n) is 6.78. The Balaban J connectivity index is 1.85. The second-order valence-corrected chi connectivity index (χ2v) is 4.60. The minimum absolute atomic E-state index is 0.397. The first-order valence-corrected chi connectivity index (χ1v) is 6.78. The molecule has 2 aromatic carbocycles. The molecule has 3 heteroatoms. The van der Waals surface area contributed by atoms with Gasteiger partial charge in [0.15, 0.2) is 0 Å². The van der Waals surface area contributed by atoms with Crippen molar-refractivity contribution in [1.82, 2.24) is 0 Å². The van der Waals surface area contributed by atoms with Crippen molar-refractivity contribution in [1.29, 1.82) is 0 Å². The van der Waals surface area contributed by atoms with E-state index in [2.05, 4.69) is 6.58 Å². The van der Waals surface area contributed by atoms with E-state index in [1.165, 1.54) is 0 Å². The van der Waals surface area contributed by atoms with Gasteiger partial charge in [-0.25, -0.2) is 4.79 Å². The lowest BCUT2D eigenvalue weighted by molar-refractivity contribution is -0.105. The number of hydrogen-bond donors (Lipinski definition) is 0. The van der Waals surface area contributed by atoms with Crippen molar-refractivity contribution in [3.8, 4) is 0 Å². The molecule has 0 spiro atoms. The highest BCUT2D eigenvalue weighted by Crippen LogP contribution is 2.10. The number of ether oxygens (including phenoxy) is 2. The first kappa shape index (κ1) is 15.0. The molecule has 2 rings (SSSR count). The molecule has 21 heavy (non-hydrogen) atoms. The minimum Gasteiger partial charge on any atom is -0.432 e. The highest BCUT2D eigenvalue weighted by molar-refractivity contribution is 5.89. The van der Waals surface area contributed by atoms with Crippen LogP contribution < -0.4 is 0 Å². The third-order valence-electron chi connectivity index (χ3n) is 2.98. The molecule has 0 radical (unpaired) electrons. The number of esters is 1. The Hall–Kier alpha value is -2.39. The Morgan fingerprint density at radius 2 is 1.81 bits per heavy atom. The molecule has 0 saturated heterocycles. The molecular formula is C18H18O3. The molecule has 0 fully saturated rings. The van der Waals surface area contributed by atoms with Gasteiger partial charge in [0.2, 0.25) is 6.29 Å². The van der Waals surface area contributed by atoms with E-state index >= 15 is 0 Å². The lowest BCUT2D eigenvalue weighted by atomic mass is 10.1. The van der Waals surface area contributed by atoms with Crippen molar-refractivity contribution in [2.45, 2.75) is 19.8 Å². The highest BCUT2D eigenvalue weighted by atomic mass is 16.7. The number of hydrogen-bond acceptors (Lipinski definition) is 3. The van der Waals surface area contributed by atoms with Crippen LogP contribution >= 0.6 is 0 Å². The normalized spacial score (nSPS) is 11.7. The summed E-state index contributed by atoms with van der Waals surface area (Å²) in [4.78, 5) is 11.9. The van der Waals surface area contributed by atoms with Gasteiger partial charge < -0.3 is 9.47 Å². The predicted molar refractivity (Wildman–Crippen MR) is 82.6 cm³/mol. The Kier molecular flexibility index (Phi) is 5.29. The van der Waals surface area contributed by atoms with E-state index in [0.717, 1.165) is 11.1 Å². The fourth-order valence-electron chi connectivity index (χ4n) is 1.80. The maximum absolute atomic E-state index is 11.9. The minimum atomic E-state index is -0.600. The molecule has 0 aliphatic rings. The van der Waals surface area contributed by atoms with Crippen LogP contribution in [0.2, 0.25) is 0 Å². The number of rotatable bonds is 6. The fourth-order valence-corrected chi connectivity index (χ4v) is 1.80. The first-order chi connectivity index (χ1) is 10.2. The lowest BCUT2D eigenvalue weighted by Gasteiger charge is -2.14. The summed E-state index contributed by atoms with van der Waals surface area (Å²) in [6.45, 7) is 5.79. The quantitative estimate of drug-likeness (QED) is 0.592. The van der Waals surface area contributed by atoms with Gasteiger partial charge in [-0.1, -0.05) is 55.1 Å². The van der Waals surface area contributed by atoms with E-state index in [1.54, 1.807) is 25.1 Å². The zero-order chi connectivity index (χ0) is 15.1. The molecule has 1 unspecified atom stereocenters. The molecule has 0 aliphatic carbocycles. The third-order valence-corrected chi connectivity index (χ3v) is 2.98. The van der Waals surface area contributed by atoms with Crippen molar-refractivity contribution in [2.24, 2.45) is 0 Å². The van der Waals surface area contributed by atoms with Gasteiger partial charge >= 0.3 is 5.97 Å². The van der Waals surface area contributed by atoms with Gasteiger partial charge in [0.1, 0.15) is 0 Å². The van der Waals surface area contributed by atoms with Gasteiger partial charge in [-0.3, -0.25) is 0 Å². The molecule has 0 amide bonds. The van der Waals surface area contributed by atoms with Gasteiger partial charge in [-0.05, 0) is 30.2 Å². The zero-order valence-electron chi connectivity index (χ0n) is 12.0. The largest absolute Gasteiger partial charge is 0.432 e. The molecule has 0 aliphatic heterocycles. The van der Waals surface area contributed by atoms with Crippen LogP contribution in [-0.2, 0) is 16.1 Å². The number of benzene rings is 2. The summed E-state index contributed by atoms with van der Waals surface area (Å²) >= 11 is 0. The molecule has 0 N–H and O–H groups in total. The summed E-state index contributed by atoms with van der Waals surface area (Å²) in [7, 11) is 0. The van der Waals surface area contributed by atoms with Crippen LogP contribution in [0.15, 0.2) is 61.2 Å². The molecular weight excluding hydrogens is 264 g/mol. The lowest BCUT2D eigenvalue weighted by Crippen LogP contribution is -2.18. The van der Waals surface area contributed by atoms with E-state index in [1.807, 2.05) is 42.5 Å². The van der Waals surface area contributed by atoms with Crippen LogP contribution in [0.1, 0.15) is 28.4 Å². The molecule has 3 nitrogen and oxygen atoms in total. The third kappa shape index (κ3) is 4.58. The van der Waals surface area contributed by atoms with Crippen LogP contribution in [0.4, 0.5) is 0 Å². The van der Waals surface area contributed by atoms with Crippen molar-refractivity contribution in [2.75, 3.05) is 0 Å². The van der Waals surface area contributed by atoms with Crippen molar-refractivity contribution in [3.05, 3.63) is 77.9 Å². The van der Waals surface area contributed by atoms with Crippen LogP contribution in [0.5, 0.6) is 0 Å². The van der Waals surface area contributed by atoms with Crippen molar-refractivity contribution >= 4 is 12.0 Å². The van der Waals surface area contributed by atoms with Gasteiger partial charge in [0.25, 0.3) is 0 Å². The van der Waals surface area contributed by atoms with E-state index < -0.39 is 12.3 Å². The molecule has 2 aromatic rings. The van der Waals surface area contributed by atoms with E-state index in [4.69, 9.17) is 9.47 Å². The maximum Gasteiger partial charge on any atom is 0.340 e. The van der Waals surface area contributed by atoms with Crippen molar-refractivity contribution < 1.29 is 14.3 Å². The summed E-state index contributed by atoms with van der Waals surface area (Å²) in [5.41, 5.74) is 2.49. The van der Waals surface area contributed by atoms with Crippen LogP contribution in [0.25, 0.3) is 6.08 Å². The monoisotopic (exact) mass is 282 g/mol. The Labute approximate surface area is 124 Å². The molecule has 0 bridgehead atoms. The SMILES string of the molecule is C=Cc1ccc(C(=O)OC(C)OCc2ccccc2)cc1. The van der Waals surface area contributed by atoms with E-state index in [9.17, 15) is 4.79 Å². The fraction of sp³-hybridized carbons (Fsp3) is 0.167. The maximum atomic E-state index is 11.9. The van der Waals surface area contributed by atoms with E-state index in [0.29, 0.717) is 12.2 Å². The average Bonchev–Trinajstić information content (AvgIpc) is 2.54. The molecule has 0 heterocycles. The topological polar surface area (TPSA) is 35.5 Å². The standard InChI is InChI=1S/C18H18O3/c1-3-15-9-11-17(12-10-15)18(19)21-14(2)20-13-16-7-5-4-6-8-16/h3-12,14H,1,13H2,2H3. The Morgan fingerprint density at radius 1 is 1.14 bits per heavy atom. The zero-order valence-corrected chi connectivity index (χ0v) is 12.0. The average molecular weight is 282 g/mol. The molecule has 0 aromatic heterocycles. The molecule has 108 valence electrons. The number of carbonyl (C=O) groups is 1.